The van der Waals surface area contributed by atoms with E-state index in [9.17, 15) is 9.90 Å². The number of phenolic OH excluding ortho intramolecular Hbond substituents is 1. The first kappa shape index (κ1) is 14.7. The molecule has 1 aliphatic heterocycles. The van der Waals surface area contributed by atoms with Crippen molar-refractivity contribution in [3.05, 3.63) is 57.6 Å². The molecule has 0 saturated heterocycles. The number of methoxy groups -OCH3 is 1. The molecule has 2 aromatic carbocycles. The Kier molecular flexibility index (Phi) is 3.90. The van der Waals surface area contributed by atoms with Gasteiger partial charge in [-0.3, -0.25) is 4.79 Å². The number of hydrogen-bond acceptors (Lipinski definition) is 4. The van der Waals surface area contributed by atoms with E-state index in [1.54, 1.807) is 49.6 Å². The van der Waals surface area contributed by atoms with Crippen LogP contribution >= 0.6 is 15.9 Å². The fourth-order valence-corrected chi connectivity index (χ4v) is 2.65. The van der Waals surface area contributed by atoms with Crippen molar-refractivity contribution in [2.75, 3.05) is 13.7 Å². The topological polar surface area (TPSA) is 55.8 Å². The van der Waals surface area contributed by atoms with Crippen LogP contribution in [-0.2, 0) is 0 Å². The van der Waals surface area contributed by atoms with E-state index in [-0.39, 0.29) is 18.1 Å². The van der Waals surface area contributed by atoms with E-state index in [4.69, 9.17) is 9.47 Å². The van der Waals surface area contributed by atoms with Crippen molar-refractivity contribution in [3.63, 3.8) is 0 Å². The molecule has 1 aliphatic rings. The van der Waals surface area contributed by atoms with E-state index < -0.39 is 0 Å². The minimum absolute atomic E-state index is 0.0793. The molecular formula is C17H13BrO4. The summed E-state index contributed by atoms with van der Waals surface area (Å²) in [5.41, 5.74) is 1.86. The van der Waals surface area contributed by atoms with E-state index in [2.05, 4.69) is 15.9 Å². The maximum Gasteiger partial charge on any atom is 0.196 e. The summed E-state index contributed by atoms with van der Waals surface area (Å²) in [5.74, 6) is 1.26. The highest BCUT2D eigenvalue weighted by molar-refractivity contribution is 9.10. The number of halogens is 1. The van der Waals surface area contributed by atoms with Gasteiger partial charge >= 0.3 is 0 Å². The smallest absolute Gasteiger partial charge is 0.196 e. The molecule has 5 heteroatoms. The van der Waals surface area contributed by atoms with Crippen LogP contribution in [-0.4, -0.2) is 24.6 Å². The molecule has 2 aromatic rings. The van der Waals surface area contributed by atoms with Crippen LogP contribution in [0.3, 0.4) is 0 Å². The van der Waals surface area contributed by atoms with E-state index in [0.717, 1.165) is 5.56 Å². The van der Waals surface area contributed by atoms with Crippen molar-refractivity contribution < 1.29 is 19.4 Å². The van der Waals surface area contributed by atoms with E-state index in [1.807, 2.05) is 0 Å². The van der Waals surface area contributed by atoms with Gasteiger partial charge in [0.05, 0.1) is 17.1 Å². The number of ketones is 1. The molecule has 0 aromatic heterocycles. The molecule has 0 saturated carbocycles. The largest absolute Gasteiger partial charge is 0.507 e. The Labute approximate surface area is 136 Å². The maximum atomic E-state index is 12.6. The predicted molar refractivity (Wildman–Crippen MR) is 86.6 cm³/mol. The lowest BCUT2D eigenvalue weighted by molar-refractivity contribution is 0.100. The van der Waals surface area contributed by atoms with Gasteiger partial charge in [-0.2, -0.15) is 0 Å². The van der Waals surface area contributed by atoms with Gasteiger partial charge in [-0.15, -0.1) is 0 Å². The molecule has 4 nitrogen and oxygen atoms in total. The molecular weight excluding hydrogens is 348 g/mol. The first-order valence-corrected chi connectivity index (χ1v) is 7.42. The summed E-state index contributed by atoms with van der Waals surface area (Å²) >= 11 is 3.26. The van der Waals surface area contributed by atoms with Crippen LogP contribution in [0.1, 0.15) is 15.9 Å². The minimum Gasteiger partial charge on any atom is -0.507 e. The molecule has 3 rings (SSSR count). The number of rotatable bonds is 2. The van der Waals surface area contributed by atoms with Crippen molar-refractivity contribution in [1.29, 1.82) is 0 Å². The average Bonchev–Trinajstić information content (AvgIpc) is 2.53. The molecule has 1 N–H and O–H groups in total. The number of carbonyl (C=O) groups excluding carboxylic acids is 1. The number of hydrogen-bond donors (Lipinski definition) is 1. The Morgan fingerprint density at radius 1 is 1.27 bits per heavy atom. The fourth-order valence-electron chi connectivity index (χ4n) is 2.25. The third kappa shape index (κ3) is 2.72. The van der Waals surface area contributed by atoms with Crippen LogP contribution < -0.4 is 9.47 Å². The monoisotopic (exact) mass is 360 g/mol. The van der Waals surface area contributed by atoms with Crippen LogP contribution in [0.5, 0.6) is 17.2 Å². The van der Waals surface area contributed by atoms with E-state index >= 15 is 0 Å². The summed E-state index contributed by atoms with van der Waals surface area (Å²) in [7, 11) is 1.56. The molecule has 0 atom stereocenters. The second-order valence-corrected chi connectivity index (χ2v) is 5.71. The number of fused-ring (bicyclic) bond motifs is 1. The summed E-state index contributed by atoms with van der Waals surface area (Å²) in [6.07, 6.45) is 1.76. The molecule has 1 heterocycles. The molecule has 112 valence electrons. The lowest BCUT2D eigenvalue weighted by Crippen LogP contribution is -2.19. The van der Waals surface area contributed by atoms with Crippen LogP contribution in [0, 0.1) is 0 Å². The Balaban J connectivity index is 1.97. The van der Waals surface area contributed by atoms with Gasteiger partial charge in [-0.05, 0) is 57.9 Å². The zero-order valence-electron chi connectivity index (χ0n) is 11.8. The van der Waals surface area contributed by atoms with Gasteiger partial charge in [0, 0.05) is 5.57 Å². The number of carbonyl (C=O) groups is 1. The predicted octanol–water partition coefficient (Wildman–Crippen LogP) is 3.82. The summed E-state index contributed by atoms with van der Waals surface area (Å²) in [6.45, 7) is 0.219. The fraction of sp³-hybridized carbons (Fsp3) is 0.118. The molecule has 0 spiro atoms. The second kappa shape index (κ2) is 5.85. The van der Waals surface area contributed by atoms with Gasteiger partial charge < -0.3 is 14.6 Å². The van der Waals surface area contributed by atoms with Crippen molar-refractivity contribution >= 4 is 27.8 Å². The quantitative estimate of drug-likeness (QED) is 0.827. The van der Waals surface area contributed by atoms with Gasteiger partial charge in [-0.25, -0.2) is 0 Å². The minimum atomic E-state index is -0.0793. The average molecular weight is 361 g/mol. The molecule has 22 heavy (non-hydrogen) atoms. The van der Waals surface area contributed by atoms with Crippen molar-refractivity contribution in [3.8, 4) is 17.2 Å². The summed E-state index contributed by atoms with van der Waals surface area (Å²) < 4.78 is 11.4. The number of aromatic hydroxyl groups is 1. The molecule has 0 fully saturated rings. The number of ether oxygens (including phenoxy) is 2. The van der Waals surface area contributed by atoms with Crippen molar-refractivity contribution in [2.45, 2.75) is 0 Å². The van der Waals surface area contributed by atoms with Crippen molar-refractivity contribution in [1.82, 2.24) is 0 Å². The number of benzene rings is 2. The van der Waals surface area contributed by atoms with Crippen molar-refractivity contribution in [2.24, 2.45) is 0 Å². The lowest BCUT2D eigenvalue weighted by Gasteiger charge is -2.19. The summed E-state index contributed by atoms with van der Waals surface area (Å²) in [5, 5.41) is 9.52. The van der Waals surface area contributed by atoms with Gasteiger partial charge in [-0.1, -0.05) is 6.07 Å². The molecule has 0 amide bonds. The highest BCUT2D eigenvalue weighted by atomic mass is 79.9. The lowest BCUT2D eigenvalue weighted by atomic mass is 9.98. The van der Waals surface area contributed by atoms with Gasteiger partial charge in [0.1, 0.15) is 23.9 Å². The highest BCUT2D eigenvalue weighted by Gasteiger charge is 2.23. The molecule has 0 bridgehead atoms. The van der Waals surface area contributed by atoms with Crippen LogP contribution in [0.15, 0.2) is 46.4 Å². The van der Waals surface area contributed by atoms with Crippen LogP contribution in [0.25, 0.3) is 6.08 Å². The van der Waals surface area contributed by atoms with Gasteiger partial charge in [0.25, 0.3) is 0 Å². The van der Waals surface area contributed by atoms with Gasteiger partial charge in [0.15, 0.2) is 5.78 Å². The second-order valence-electron chi connectivity index (χ2n) is 4.86. The first-order chi connectivity index (χ1) is 10.6. The standard InChI is InChI=1S/C17H13BrO4/c1-21-12-3-5-16-13(8-12)17(20)11(9-22-16)6-10-2-4-15(19)14(18)7-10/h2-8,19H,9H2,1H3. The first-order valence-electron chi connectivity index (χ1n) is 6.63. The normalized spacial score (nSPS) is 15.4. The van der Waals surface area contributed by atoms with Crippen LogP contribution in [0.2, 0.25) is 0 Å². The third-order valence-electron chi connectivity index (χ3n) is 3.42. The van der Waals surface area contributed by atoms with E-state index in [0.29, 0.717) is 27.1 Å². The molecule has 0 unspecified atom stereocenters. The SMILES string of the molecule is COc1ccc2c(c1)C(=O)C(=Cc1ccc(O)c(Br)c1)CO2. The third-order valence-corrected chi connectivity index (χ3v) is 4.05. The summed E-state index contributed by atoms with van der Waals surface area (Å²) in [4.78, 5) is 12.6. The summed E-state index contributed by atoms with van der Waals surface area (Å²) in [6, 6.07) is 10.2. The Morgan fingerprint density at radius 2 is 2.09 bits per heavy atom. The number of phenols is 1. The molecule has 0 aliphatic carbocycles. The zero-order chi connectivity index (χ0) is 15.7. The van der Waals surface area contributed by atoms with E-state index in [1.165, 1.54) is 0 Å². The number of Topliss-reactive ketones (excluding diaryl/α,β-unsaturated/α-hetero) is 1. The van der Waals surface area contributed by atoms with Gasteiger partial charge in [0.2, 0.25) is 0 Å². The Hall–Kier alpha value is -2.27. The van der Waals surface area contributed by atoms with Crippen LogP contribution in [0.4, 0.5) is 0 Å². The zero-order valence-corrected chi connectivity index (χ0v) is 13.4. The Morgan fingerprint density at radius 3 is 2.82 bits per heavy atom. The Bertz CT molecular complexity index is 780. The highest BCUT2D eigenvalue weighted by Crippen LogP contribution is 2.32. The maximum absolute atomic E-state index is 12.6. The molecule has 0 radical (unpaired) electrons.